The Morgan fingerprint density at radius 3 is 3.21 bits per heavy atom. The molecule has 3 heterocycles. The molecule has 0 bridgehead atoms. The van der Waals surface area contributed by atoms with Gasteiger partial charge in [0, 0.05) is 19.0 Å². The van der Waals surface area contributed by atoms with Crippen LogP contribution in [-0.4, -0.2) is 34.0 Å². The van der Waals surface area contributed by atoms with Gasteiger partial charge in [-0.25, -0.2) is 4.98 Å². The highest BCUT2D eigenvalue weighted by molar-refractivity contribution is 5.93. The lowest BCUT2D eigenvalue weighted by molar-refractivity contribution is 0.0710. The van der Waals surface area contributed by atoms with Crippen LogP contribution in [0.4, 0.5) is 0 Å². The second-order valence-electron chi connectivity index (χ2n) is 4.91. The molecule has 5 heteroatoms. The van der Waals surface area contributed by atoms with Gasteiger partial charge >= 0.3 is 0 Å². The van der Waals surface area contributed by atoms with Gasteiger partial charge in [-0.05, 0) is 31.9 Å². The van der Waals surface area contributed by atoms with Gasteiger partial charge in [-0.2, -0.15) is 0 Å². The van der Waals surface area contributed by atoms with Crippen molar-refractivity contribution in [2.75, 3.05) is 6.61 Å². The van der Waals surface area contributed by atoms with Gasteiger partial charge in [0.15, 0.2) is 0 Å². The third kappa shape index (κ3) is 2.46. The highest BCUT2D eigenvalue weighted by atomic mass is 16.5. The maximum Gasteiger partial charge on any atom is 0.271 e. The Hall–Kier alpha value is -1.88. The molecule has 0 radical (unpaired) electrons. The second-order valence-corrected chi connectivity index (χ2v) is 4.91. The molecule has 1 saturated heterocycles. The molecule has 0 spiro atoms. The summed E-state index contributed by atoms with van der Waals surface area (Å²) in [6, 6.07) is 5.70. The van der Waals surface area contributed by atoms with E-state index in [9.17, 15) is 4.79 Å². The Morgan fingerprint density at radius 2 is 2.47 bits per heavy atom. The minimum absolute atomic E-state index is 0.0137. The number of rotatable bonds is 3. The number of carbonyl (C=O) groups is 1. The molecule has 100 valence electrons. The Balaban J connectivity index is 1.72. The van der Waals surface area contributed by atoms with Gasteiger partial charge in [0.25, 0.3) is 5.91 Å². The molecule has 0 aromatic carbocycles. The maximum atomic E-state index is 12.1. The van der Waals surface area contributed by atoms with Crippen molar-refractivity contribution in [1.29, 1.82) is 0 Å². The zero-order valence-corrected chi connectivity index (χ0v) is 10.9. The monoisotopic (exact) mass is 259 g/mol. The molecule has 19 heavy (non-hydrogen) atoms. The largest absolute Gasteiger partial charge is 0.376 e. The molecule has 0 unspecified atom stereocenters. The number of ether oxygens (including phenoxy) is 1. The molecule has 2 aromatic rings. The predicted molar refractivity (Wildman–Crippen MR) is 71.1 cm³/mol. The van der Waals surface area contributed by atoms with Crippen molar-refractivity contribution in [2.45, 2.75) is 31.9 Å². The number of hydrogen-bond acceptors (Lipinski definition) is 3. The van der Waals surface area contributed by atoms with Crippen molar-refractivity contribution in [1.82, 2.24) is 14.7 Å². The highest BCUT2D eigenvalue weighted by Crippen LogP contribution is 2.15. The van der Waals surface area contributed by atoms with Crippen LogP contribution in [0.3, 0.4) is 0 Å². The standard InChI is InChI=1S/C14H17N3O2/c1-10(12-5-4-8-19-12)15-14(18)11-9-17-7-3-2-6-13(17)16-11/h2-3,6-7,9-10,12H,4-5,8H2,1H3,(H,15,18)/t10-,12+/m0/s1. The van der Waals surface area contributed by atoms with Crippen LogP contribution in [-0.2, 0) is 4.74 Å². The average Bonchev–Trinajstić information content (AvgIpc) is 3.07. The van der Waals surface area contributed by atoms with Gasteiger partial charge in [0.05, 0.1) is 12.1 Å². The maximum absolute atomic E-state index is 12.1. The second kappa shape index (κ2) is 5.01. The number of fused-ring (bicyclic) bond motifs is 1. The number of amides is 1. The smallest absolute Gasteiger partial charge is 0.271 e. The quantitative estimate of drug-likeness (QED) is 0.911. The minimum atomic E-state index is -0.147. The van der Waals surface area contributed by atoms with Crippen LogP contribution in [0, 0.1) is 0 Å². The lowest BCUT2D eigenvalue weighted by Crippen LogP contribution is -2.40. The number of nitrogens with one attached hydrogen (secondary N) is 1. The molecular formula is C14H17N3O2. The predicted octanol–water partition coefficient (Wildman–Crippen LogP) is 1.63. The molecule has 2 atom stereocenters. The van der Waals surface area contributed by atoms with Crippen LogP contribution in [0.25, 0.3) is 5.65 Å². The summed E-state index contributed by atoms with van der Waals surface area (Å²) in [4.78, 5) is 16.4. The van der Waals surface area contributed by atoms with Crippen molar-refractivity contribution < 1.29 is 9.53 Å². The zero-order valence-electron chi connectivity index (χ0n) is 10.9. The lowest BCUT2D eigenvalue weighted by Gasteiger charge is -2.19. The van der Waals surface area contributed by atoms with Crippen molar-refractivity contribution in [3.05, 3.63) is 36.3 Å². The van der Waals surface area contributed by atoms with E-state index in [-0.39, 0.29) is 18.1 Å². The fraction of sp³-hybridized carbons (Fsp3) is 0.429. The van der Waals surface area contributed by atoms with Crippen molar-refractivity contribution in [3.8, 4) is 0 Å². The Labute approximate surface area is 111 Å². The first-order valence-electron chi connectivity index (χ1n) is 6.60. The van der Waals surface area contributed by atoms with E-state index in [2.05, 4.69) is 10.3 Å². The van der Waals surface area contributed by atoms with Gasteiger partial charge in [-0.1, -0.05) is 6.07 Å². The number of pyridine rings is 1. The van der Waals surface area contributed by atoms with E-state index in [1.807, 2.05) is 35.7 Å². The summed E-state index contributed by atoms with van der Waals surface area (Å²) in [6.45, 7) is 2.77. The molecule has 3 rings (SSSR count). The molecular weight excluding hydrogens is 242 g/mol. The van der Waals surface area contributed by atoms with E-state index in [1.54, 1.807) is 6.20 Å². The lowest BCUT2D eigenvalue weighted by atomic mass is 10.1. The molecule has 1 fully saturated rings. The molecule has 0 saturated carbocycles. The normalized spacial score (nSPS) is 20.6. The van der Waals surface area contributed by atoms with E-state index in [0.717, 1.165) is 25.1 Å². The Kier molecular flexibility index (Phi) is 3.21. The third-order valence-corrected chi connectivity index (χ3v) is 3.48. The van der Waals surface area contributed by atoms with Crippen molar-refractivity contribution >= 4 is 11.6 Å². The van der Waals surface area contributed by atoms with E-state index >= 15 is 0 Å². The number of aromatic nitrogens is 2. The third-order valence-electron chi connectivity index (χ3n) is 3.48. The van der Waals surface area contributed by atoms with Crippen LogP contribution in [0.2, 0.25) is 0 Å². The van der Waals surface area contributed by atoms with Crippen molar-refractivity contribution in [2.24, 2.45) is 0 Å². The zero-order chi connectivity index (χ0) is 13.2. The van der Waals surface area contributed by atoms with Gasteiger partial charge in [0.1, 0.15) is 11.3 Å². The summed E-state index contributed by atoms with van der Waals surface area (Å²) in [5.74, 6) is -0.147. The van der Waals surface area contributed by atoms with Crippen LogP contribution in [0.1, 0.15) is 30.3 Å². The van der Waals surface area contributed by atoms with Crippen LogP contribution in [0.15, 0.2) is 30.6 Å². The molecule has 1 amide bonds. The fourth-order valence-electron chi connectivity index (χ4n) is 2.41. The molecule has 2 aromatic heterocycles. The summed E-state index contributed by atoms with van der Waals surface area (Å²) >= 11 is 0. The van der Waals surface area contributed by atoms with Gasteiger partial charge in [-0.15, -0.1) is 0 Å². The summed E-state index contributed by atoms with van der Waals surface area (Å²) in [6.07, 6.45) is 5.82. The Morgan fingerprint density at radius 1 is 1.58 bits per heavy atom. The van der Waals surface area contributed by atoms with Crippen LogP contribution < -0.4 is 5.32 Å². The van der Waals surface area contributed by atoms with Gasteiger partial charge < -0.3 is 14.5 Å². The highest BCUT2D eigenvalue weighted by Gasteiger charge is 2.24. The fourth-order valence-corrected chi connectivity index (χ4v) is 2.41. The summed E-state index contributed by atoms with van der Waals surface area (Å²) in [5, 5.41) is 2.96. The summed E-state index contributed by atoms with van der Waals surface area (Å²) in [5.41, 5.74) is 1.22. The first-order valence-corrected chi connectivity index (χ1v) is 6.60. The van der Waals surface area contributed by atoms with Crippen LogP contribution in [0.5, 0.6) is 0 Å². The Bertz CT molecular complexity index is 554. The molecule has 0 aliphatic carbocycles. The van der Waals surface area contributed by atoms with Gasteiger partial charge in [-0.3, -0.25) is 4.79 Å². The van der Waals surface area contributed by atoms with E-state index < -0.39 is 0 Å². The summed E-state index contributed by atoms with van der Waals surface area (Å²) in [7, 11) is 0. The van der Waals surface area contributed by atoms with E-state index in [1.165, 1.54) is 0 Å². The topological polar surface area (TPSA) is 55.6 Å². The summed E-state index contributed by atoms with van der Waals surface area (Å²) < 4.78 is 7.41. The van der Waals surface area contributed by atoms with E-state index in [4.69, 9.17) is 4.74 Å². The number of carbonyl (C=O) groups excluding carboxylic acids is 1. The average molecular weight is 259 g/mol. The van der Waals surface area contributed by atoms with Crippen LogP contribution >= 0.6 is 0 Å². The number of imidazole rings is 1. The SMILES string of the molecule is C[C@H](NC(=O)c1cn2ccccc2n1)[C@H]1CCCO1. The molecule has 1 N–H and O–H groups in total. The van der Waals surface area contributed by atoms with Crippen molar-refractivity contribution in [3.63, 3.8) is 0 Å². The number of nitrogens with zero attached hydrogens (tertiary/aromatic N) is 2. The first kappa shape index (κ1) is 12.2. The molecule has 5 nitrogen and oxygen atoms in total. The minimum Gasteiger partial charge on any atom is -0.376 e. The molecule has 1 aliphatic rings. The number of hydrogen-bond donors (Lipinski definition) is 1. The van der Waals surface area contributed by atoms with E-state index in [0.29, 0.717) is 5.69 Å². The van der Waals surface area contributed by atoms with Gasteiger partial charge in [0.2, 0.25) is 0 Å². The molecule has 1 aliphatic heterocycles. The first-order chi connectivity index (χ1) is 9.24.